The van der Waals surface area contributed by atoms with E-state index in [0.717, 1.165) is 5.56 Å². The third-order valence-electron chi connectivity index (χ3n) is 4.43. The van der Waals surface area contributed by atoms with E-state index in [2.05, 4.69) is 10.6 Å². The summed E-state index contributed by atoms with van der Waals surface area (Å²) in [6.45, 7) is 0. The molecule has 0 radical (unpaired) electrons. The van der Waals surface area contributed by atoms with E-state index in [1.807, 2.05) is 30.3 Å². The van der Waals surface area contributed by atoms with Crippen molar-refractivity contribution >= 4 is 39.9 Å². The minimum Gasteiger partial charge on any atom is -0.399 e. The number of rotatable bonds is 4. The second kappa shape index (κ2) is 6.88. The third-order valence-corrected chi connectivity index (χ3v) is 4.43. The zero-order valence-electron chi connectivity index (χ0n) is 14.7. The summed E-state index contributed by atoms with van der Waals surface area (Å²) in [6, 6.07) is 20.7. The fourth-order valence-corrected chi connectivity index (χ4v) is 3.16. The number of hydrogen-bond acceptors (Lipinski definition) is 5. The Balaban J connectivity index is 1.90. The van der Waals surface area contributed by atoms with Gasteiger partial charge in [-0.05, 0) is 29.8 Å². The molecule has 1 aliphatic rings. The predicted molar refractivity (Wildman–Crippen MR) is 109 cm³/mol. The molecule has 0 aliphatic carbocycles. The Morgan fingerprint density at radius 1 is 1.00 bits per heavy atom. The van der Waals surface area contributed by atoms with E-state index in [1.54, 1.807) is 30.3 Å². The summed E-state index contributed by atoms with van der Waals surface area (Å²) in [5.41, 5.74) is 10.0. The average molecular weight is 372 g/mol. The van der Waals surface area contributed by atoms with E-state index in [4.69, 9.17) is 5.73 Å². The Bertz CT molecular complexity index is 1120. The highest BCUT2D eigenvalue weighted by Gasteiger charge is 2.28. The van der Waals surface area contributed by atoms with Crippen molar-refractivity contribution in [3.63, 3.8) is 0 Å². The highest BCUT2D eigenvalue weighted by molar-refractivity contribution is 6.37. The number of carbonyl (C=O) groups excluding carboxylic acids is 1. The van der Waals surface area contributed by atoms with E-state index < -0.39 is 4.92 Å². The fourth-order valence-electron chi connectivity index (χ4n) is 3.16. The number of anilines is 3. The van der Waals surface area contributed by atoms with Crippen molar-refractivity contribution in [2.24, 2.45) is 0 Å². The third kappa shape index (κ3) is 3.16. The number of nitro benzene ring substituents is 1. The molecule has 4 rings (SSSR count). The predicted octanol–water partition coefficient (Wildman–Crippen LogP) is 4.11. The molecule has 7 heteroatoms. The van der Waals surface area contributed by atoms with Gasteiger partial charge in [0.1, 0.15) is 0 Å². The molecule has 0 bridgehead atoms. The van der Waals surface area contributed by atoms with Crippen molar-refractivity contribution < 1.29 is 9.72 Å². The Kier molecular flexibility index (Phi) is 4.25. The lowest BCUT2D eigenvalue weighted by Gasteiger charge is -2.15. The molecule has 7 nitrogen and oxygen atoms in total. The number of nitrogens with two attached hydrogens (primary N) is 1. The van der Waals surface area contributed by atoms with Gasteiger partial charge in [-0.25, -0.2) is 0 Å². The van der Waals surface area contributed by atoms with Crippen LogP contribution in [0.1, 0.15) is 11.1 Å². The first-order valence-corrected chi connectivity index (χ1v) is 8.55. The van der Waals surface area contributed by atoms with E-state index in [-0.39, 0.29) is 11.6 Å². The fraction of sp³-hybridized carbons (Fsp3) is 0. The van der Waals surface area contributed by atoms with E-state index in [1.165, 1.54) is 12.1 Å². The van der Waals surface area contributed by atoms with Crippen molar-refractivity contribution in [1.82, 2.24) is 0 Å². The van der Waals surface area contributed by atoms with Crippen LogP contribution in [-0.2, 0) is 4.79 Å². The van der Waals surface area contributed by atoms with Crippen molar-refractivity contribution in [2.75, 3.05) is 16.4 Å². The van der Waals surface area contributed by atoms with Crippen molar-refractivity contribution in [2.45, 2.75) is 0 Å². The summed E-state index contributed by atoms with van der Waals surface area (Å²) in [7, 11) is 0. The number of benzene rings is 3. The number of non-ortho nitro benzene ring substituents is 1. The average Bonchev–Trinajstić information content (AvgIpc) is 3.02. The summed E-state index contributed by atoms with van der Waals surface area (Å²) in [4.78, 5) is 23.4. The lowest BCUT2D eigenvalue weighted by atomic mass is 9.99. The number of nitrogens with one attached hydrogen (secondary N) is 2. The van der Waals surface area contributed by atoms with Gasteiger partial charge in [-0.15, -0.1) is 0 Å². The Hall–Kier alpha value is -4.13. The summed E-state index contributed by atoms with van der Waals surface area (Å²) in [5.74, 6) is -0.266. The normalized spacial score (nSPS) is 14.2. The monoisotopic (exact) mass is 372 g/mol. The molecule has 0 spiro atoms. The number of carbonyl (C=O) groups is 1. The molecule has 4 N–H and O–H groups in total. The molecule has 1 amide bonds. The summed E-state index contributed by atoms with van der Waals surface area (Å²) < 4.78 is 0. The first kappa shape index (κ1) is 17.3. The van der Waals surface area contributed by atoms with Crippen LogP contribution in [0.3, 0.4) is 0 Å². The second-order valence-corrected chi connectivity index (χ2v) is 6.31. The lowest BCUT2D eigenvalue weighted by Crippen LogP contribution is -2.10. The molecule has 1 aliphatic heterocycles. The lowest BCUT2D eigenvalue weighted by molar-refractivity contribution is -0.384. The maximum atomic E-state index is 12.8. The van der Waals surface area contributed by atoms with Crippen molar-refractivity contribution in [3.8, 4) is 0 Å². The number of nitro groups is 1. The molecule has 0 unspecified atom stereocenters. The van der Waals surface area contributed by atoms with Gasteiger partial charge in [0.15, 0.2) is 0 Å². The maximum absolute atomic E-state index is 12.8. The molecule has 138 valence electrons. The van der Waals surface area contributed by atoms with Gasteiger partial charge in [-0.3, -0.25) is 14.9 Å². The number of fused-ring (bicyclic) bond motifs is 1. The Morgan fingerprint density at radius 2 is 1.79 bits per heavy atom. The summed E-state index contributed by atoms with van der Waals surface area (Å²) in [5, 5.41) is 17.1. The molecular weight excluding hydrogens is 356 g/mol. The Labute approximate surface area is 160 Å². The van der Waals surface area contributed by atoms with Gasteiger partial charge < -0.3 is 16.4 Å². The van der Waals surface area contributed by atoms with Gasteiger partial charge in [0.25, 0.3) is 11.6 Å². The van der Waals surface area contributed by atoms with Crippen LogP contribution in [0, 0.1) is 10.1 Å². The minimum absolute atomic E-state index is 0.0390. The molecule has 0 fully saturated rings. The standard InChI is InChI=1S/C21H16N4O3/c22-14-9-10-18-17(11-14)19(21(26)24-18)20(13-5-2-1-3-6-13)23-15-7-4-8-16(12-15)25(27)28/h1-12,23H,22H2,(H,24,26). The zero-order chi connectivity index (χ0) is 19.7. The quantitative estimate of drug-likeness (QED) is 0.276. The van der Waals surface area contributed by atoms with Crippen LogP contribution in [-0.4, -0.2) is 10.8 Å². The van der Waals surface area contributed by atoms with Crippen LogP contribution >= 0.6 is 0 Å². The Morgan fingerprint density at radius 3 is 2.54 bits per heavy atom. The van der Waals surface area contributed by atoms with Gasteiger partial charge in [-0.1, -0.05) is 36.4 Å². The van der Waals surface area contributed by atoms with Gasteiger partial charge in [0.2, 0.25) is 0 Å². The number of nitrogen functional groups attached to an aromatic ring is 1. The molecule has 0 saturated heterocycles. The van der Waals surface area contributed by atoms with E-state index in [9.17, 15) is 14.9 Å². The molecule has 0 aromatic heterocycles. The SMILES string of the molecule is Nc1ccc2c(c1)C(=C(Nc1cccc([N+](=O)[O-])c1)c1ccccc1)C(=O)N2. The molecule has 0 atom stereocenters. The number of nitrogens with zero attached hydrogens (tertiary/aromatic N) is 1. The largest absolute Gasteiger partial charge is 0.399 e. The van der Waals surface area contributed by atoms with Gasteiger partial charge in [0, 0.05) is 34.8 Å². The number of hydrogen-bond donors (Lipinski definition) is 3. The van der Waals surface area contributed by atoms with Crippen LogP contribution in [0.25, 0.3) is 11.3 Å². The summed E-state index contributed by atoms with van der Waals surface area (Å²) in [6.07, 6.45) is 0. The smallest absolute Gasteiger partial charge is 0.271 e. The highest BCUT2D eigenvalue weighted by atomic mass is 16.6. The van der Waals surface area contributed by atoms with Crippen molar-refractivity contribution in [1.29, 1.82) is 0 Å². The molecule has 3 aromatic carbocycles. The summed E-state index contributed by atoms with van der Waals surface area (Å²) >= 11 is 0. The van der Waals surface area contributed by atoms with Crippen LogP contribution in [0.4, 0.5) is 22.7 Å². The first-order valence-electron chi connectivity index (χ1n) is 8.55. The molecule has 1 heterocycles. The second-order valence-electron chi connectivity index (χ2n) is 6.31. The van der Waals surface area contributed by atoms with Gasteiger partial charge >= 0.3 is 0 Å². The first-order chi connectivity index (χ1) is 13.5. The molecule has 28 heavy (non-hydrogen) atoms. The van der Waals surface area contributed by atoms with E-state index >= 15 is 0 Å². The molecule has 0 saturated carbocycles. The van der Waals surface area contributed by atoms with Gasteiger partial charge in [0.05, 0.1) is 16.2 Å². The van der Waals surface area contributed by atoms with Crippen LogP contribution in [0.15, 0.2) is 72.8 Å². The van der Waals surface area contributed by atoms with E-state index in [0.29, 0.717) is 33.9 Å². The van der Waals surface area contributed by atoms with Crippen LogP contribution in [0.2, 0.25) is 0 Å². The van der Waals surface area contributed by atoms with Crippen molar-refractivity contribution in [3.05, 3.63) is 94.0 Å². The molecule has 3 aromatic rings. The highest BCUT2D eigenvalue weighted by Crippen LogP contribution is 2.38. The topological polar surface area (TPSA) is 110 Å². The number of amides is 1. The molecular formula is C21H16N4O3. The minimum atomic E-state index is -0.460. The van der Waals surface area contributed by atoms with Crippen LogP contribution in [0.5, 0.6) is 0 Å². The van der Waals surface area contributed by atoms with Crippen LogP contribution < -0.4 is 16.4 Å². The maximum Gasteiger partial charge on any atom is 0.271 e. The van der Waals surface area contributed by atoms with Gasteiger partial charge in [-0.2, -0.15) is 0 Å². The zero-order valence-corrected chi connectivity index (χ0v) is 14.7.